The molecule has 0 radical (unpaired) electrons. The van der Waals surface area contributed by atoms with Gasteiger partial charge in [-0.05, 0) is 33.6 Å². The predicted molar refractivity (Wildman–Crippen MR) is 96.3 cm³/mol. The molecule has 132 valence electrons. The molecule has 0 saturated carbocycles. The van der Waals surface area contributed by atoms with E-state index in [0.717, 1.165) is 5.75 Å². The maximum atomic E-state index is 13.0. The molecule has 1 amide bonds. The first-order valence-corrected chi connectivity index (χ1v) is 9.13. The van der Waals surface area contributed by atoms with Crippen LogP contribution >= 0.6 is 24.0 Å². The molecule has 5 nitrogen and oxygen atoms in total. The van der Waals surface area contributed by atoms with E-state index in [0.29, 0.717) is 4.32 Å². The number of esters is 1. The van der Waals surface area contributed by atoms with Crippen LogP contribution in [0, 0.1) is 11.3 Å². The van der Waals surface area contributed by atoms with Crippen molar-refractivity contribution in [1.29, 1.82) is 0 Å². The van der Waals surface area contributed by atoms with Crippen molar-refractivity contribution in [1.82, 2.24) is 4.90 Å². The Labute approximate surface area is 148 Å². The number of carbonyl (C=O) groups excluding carboxylic acids is 2. The van der Waals surface area contributed by atoms with Gasteiger partial charge in [-0.15, -0.1) is 0 Å². The number of nitrogens with zero attached hydrogens (tertiary/aromatic N) is 1. The fourth-order valence-corrected chi connectivity index (χ4v) is 3.72. The van der Waals surface area contributed by atoms with Crippen molar-refractivity contribution in [3.63, 3.8) is 0 Å². The number of rotatable bonds is 5. The summed E-state index contributed by atoms with van der Waals surface area (Å²) in [6, 6.07) is 0.0138. The van der Waals surface area contributed by atoms with E-state index in [1.165, 1.54) is 18.9 Å². The Balaban J connectivity index is 3.04. The van der Waals surface area contributed by atoms with Gasteiger partial charge in [0.05, 0.1) is 11.5 Å². The van der Waals surface area contributed by atoms with E-state index in [1.807, 2.05) is 0 Å². The third-order valence-electron chi connectivity index (χ3n) is 3.80. The van der Waals surface area contributed by atoms with E-state index >= 15 is 0 Å². The molecule has 0 N–H and O–H groups in total. The molecule has 23 heavy (non-hydrogen) atoms. The average molecular weight is 362 g/mol. The summed E-state index contributed by atoms with van der Waals surface area (Å²) >= 11 is 6.82. The number of carbonyl (C=O) groups is 2. The van der Waals surface area contributed by atoms with E-state index in [9.17, 15) is 9.59 Å². The first-order valence-electron chi connectivity index (χ1n) is 7.74. The molecular weight excluding hydrogens is 334 g/mol. The van der Waals surface area contributed by atoms with Crippen LogP contribution in [0.4, 0.5) is 0 Å². The Morgan fingerprint density at radius 3 is 2.30 bits per heavy atom. The third kappa shape index (κ3) is 4.90. The van der Waals surface area contributed by atoms with E-state index in [-0.39, 0.29) is 17.9 Å². The fourth-order valence-electron chi connectivity index (χ4n) is 2.08. The maximum absolute atomic E-state index is 13.0. The van der Waals surface area contributed by atoms with Crippen molar-refractivity contribution in [2.45, 2.75) is 59.8 Å². The molecular formula is C16H27NO4S2. The monoisotopic (exact) mass is 361 g/mol. The second-order valence-corrected chi connectivity index (χ2v) is 8.77. The van der Waals surface area contributed by atoms with Gasteiger partial charge in [-0.25, -0.2) is 0 Å². The Morgan fingerprint density at radius 2 is 1.87 bits per heavy atom. The second-order valence-electron chi connectivity index (χ2n) is 7.11. The molecule has 3 atom stereocenters. The highest BCUT2D eigenvalue weighted by Gasteiger charge is 2.43. The molecule has 0 aromatic rings. The zero-order chi connectivity index (χ0) is 17.9. The van der Waals surface area contributed by atoms with Crippen LogP contribution in [0.2, 0.25) is 0 Å². The van der Waals surface area contributed by atoms with Crippen LogP contribution in [-0.4, -0.2) is 52.2 Å². The first-order chi connectivity index (χ1) is 10.5. The van der Waals surface area contributed by atoms with Crippen LogP contribution in [0.5, 0.6) is 0 Å². The Kier molecular flexibility index (Phi) is 7.04. The van der Waals surface area contributed by atoms with Crippen molar-refractivity contribution in [3.8, 4) is 0 Å². The molecule has 1 saturated heterocycles. The zero-order valence-corrected chi connectivity index (χ0v) is 16.5. The highest BCUT2D eigenvalue weighted by molar-refractivity contribution is 8.23. The van der Waals surface area contributed by atoms with Gasteiger partial charge in [0.1, 0.15) is 10.4 Å². The molecule has 0 aromatic carbocycles. The molecule has 1 aliphatic heterocycles. The summed E-state index contributed by atoms with van der Waals surface area (Å²) in [5, 5.41) is 0. The normalized spacial score (nSPS) is 21.5. The van der Waals surface area contributed by atoms with Crippen LogP contribution < -0.4 is 0 Å². The van der Waals surface area contributed by atoms with Crippen LogP contribution in [0.3, 0.4) is 0 Å². The molecule has 1 fully saturated rings. The van der Waals surface area contributed by atoms with Gasteiger partial charge >= 0.3 is 5.97 Å². The summed E-state index contributed by atoms with van der Waals surface area (Å²) in [6.45, 7) is 11.1. The van der Waals surface area contributed by atoms with Gasteiger partial charge in [-0.2, -0.15) is 0 Å². The molecule has 0 aliphatic carbocycles. The lowest BCUT2D eigenvalue weighted by Gasteiger charge is -2.32. The summed E-state index contributed by atoms with van der Waals surface area (Å²) in [6.07, 6.45) is -1.54. The van der Waals surface area contributed by atoms with Gasteiger partial charge in [-0.3, -0.25) is 14.5 Å². The summed E-state index contributed by atoms with van der Waals surface area (Å²) in [5.74, 6) is 0.303. The number of ether oxygens (including phenoxy) is 2. The van der Waals surface area contributed by atoms with Crippen molar-refractivity contribution in [3.05, 3.63) is 0 Å². The maximum Gasteiger partial charge on any atom is 0.312 e. The summed E-state index contributed by atoms with van der Waals surface area (Å²) in [5.41, 5.74) is -0.691. The average Bonchev–Trinajstić information content (AvgIpc) is 2.83. The standard InChI is InChI=1S/C16H27NO4S2/c1-9(2)11-8-23-15(22)17(11)13(18)12(10(3)20-7)21-14(19)16(4,5)6/h9-12H,8H2,1-7H3/t10-,11-,12-/m1/s1. The lowest BCUT2D eigenvalue weighted by Crippen LogP contribution is -2.52. The fraction of sp³-hybridized carbons (Fsp3) is 0.812. The number of hydrogen-bond acceptors (Lipinski definition) is 6. The Bertz CT molecular complexity index is 473. The molecule has 0 spiro atoms. The van der Waals surface area contributed by atoms with Gasteiger partial charge in [0, 0.05) is 12.9 Å². The van der Waals surface area contributed by atoms with Crippen molar-refractivity contribution >= 4 is 40.2 Å². The molecule has 0 aromatic heterocycles. The van der Waals surface area contributed by atoms with Crippen molar-refractivity contribution < 1.29 is 19.1 Å². The highest BCUT2D eigenvalue weighted by atomic mass is 32.2. The SMILES string of the molecule is CO[C@H](C)[C@@H](OC(=O)C(C)(C)C)C(=O)N1C(=S)SC[C@@H]1C(C)C. The second kappa shape index (κ2) is 7.94. The lowest BCUT2D eigenvalue weighted by atomic mass is 9.97. The number of amides is 1. The van der Waals surface area contributed by atoms with Crippen LogP contribution in [0.1, 0.15) is 41.5 Å². The molecule has 7 heteroatoms. The summed E-state index contributed by atoms with van der Waals surface area (Å²) < 4.78 is 11.3. The number of thioether (sulfide) groups is 1. The number of thiocarbonyl (C=S) groups is 1. The Morgan fingerprint density at radius 1 is 1.30 bits per heavy atom. The molecule has 1 heterocycles. The van der Waals surface area contributed by atoms with Gasteiger partial charge in [0.25, 0.3) is 5.91 Å². The quantitative estimate of drug-likeness (QED) is 0.554. The minimum Gasteiger partial charge on any atom is -0.449 e. The molecule has 0 bridgehead atoms. The zero-order valence-electron chi connectivity index (χ0n) is 14.9. The van der Waals surface area contributed by atoms with Gasteiger partial charge < -0.3 is 9.47 Å². The number of hydrogen-bond donors (Lipinski definition) is 0. The summed E-state index contributed by atoms with van der Waals surface area (Å²) in [4.78, 5) is 26.8. The largest absolute Gasteiger partial charge is 0.449 e. The van der Waals surface area contributed by atoms with Crippen LogP contribution in [-0.2, 0) is 19.1 Å². The van der Waals surface area contributed by atoms with Crippen molar-refractivity contribution in [2.75, 3.05) is 12.9 Å². The smallest absolute Gasteiger partial charge is 0.312 e. The van der Waals surface area contributed by atoms with E-state index < -0.39 is 23.6 Å². The van der Waals surface area contributed by atoms with E-state index in [1.54, 1.807) is 32.6 Å². The Hall–Kier alpha value is -0.660. The molecule has 1 aliphatic rings. The minimum absolute atomic E-state index is 0.0138. The van der Waals surface area contributed by atoms with Crippen LogP contribution in [0.25, 0.3) is 0 Å². The van der Waals surface area contributed by atoms with E-state index in [2.05, 4.69) is 13.8 Å². The first kappa shape index (κ1) is 20.4. The number of methoxy groups -OCH3 is 1. The lowest BCUT2D eigenvalue weighted by molar-refractivity contribution is -0.173. The van der Waals surface area contributed by atoms with E-state index in [4.69, 9.17) is 21.7 Å². The molecule has 1 rings (SSSR count). The molecule has 0 unspecified atom stereocenters. The van der Waals surface area contributed by atoms with Gasteiger partial charge in [0.15, 0.2) is 0 Å². The van der Waals surface area contributed by atoms with Crippen molar-refractivity contribution in [2.24, 2.45) is 11.3 Å². The predicted octanol–water partition coefficient (Wildman–Crippen LogP) is 2.86. The minimum atomic E-state index is -0.996. The third-order valence-corrected chi connectivity index (χ3v) is 5.30. The topological polar surface area (TPSA) is 55.8 Å². The highest BCUT2D eigenvalue weighted by Crippen LogP contribution is 2.31. The summed E-state index contributed by atoms with van der Waals surface area (Å²) in [7, 11) is 1.49. The van der Waals surface area contributed by atoms with Gasteiger partial charge in [0.2, 0.25) is 6.10 Å². The van der Waals surface area contributed by atoms with Crippen LogP contribution in [0.15, 0.2) is 0 Å². The van der Waals surface area contributed by atoms with Gasteiger partial charge in [-0.1, -0.05) is 37.8 Å².